The zero-order chi connectivity index (χ0) is 20.9. The molecule has 1 heterocycles. The molecule has 1 aliphatic carbocycles. The van der Waals surface area contributed by atoms with Crippen molar-refractivity contribution in [1.29, 1.82) is 0 Å². The van der Waals surface area contributed by atoms with Gasteiger partial charge in [-0.15, -0.1) is 0 Å². The lowest BCUT2D eigenvalue weighted by Gasteiger charge is -2.24. The van der Waals surface area contributed by atoms with Crippen LogP contribution >= 0.6 is 0 Å². The fourth-order valence-corrected chi connectivity index (χ4v) is 3.99. The SMILES string of the molecule is CCOc1cc(C(=O)NC2CCCc3c2cnn3Cc2ccccc2)ccc1OC. The van der Waals surface area contributed by atoms with Gasteiger partial charge in [0.15, 0.2) is 11.5 Å². The third kappa shape index (κ3) is 4.17. The predicted octanol–water partition coefficient (Wildman–Crippen LogP) is 4.15. The molecule has 1 aliphatic rings. The molecule has 0 radical (unpaired) electrons. The first-order valence-corrected chi connectivity index (χ1v) is 10.4. The van der Waals surface area contributed by atoms with E-state index >= 15 is 0 Å². The maximum absolute atomic E-state index is 12.9. The number of carbonyl (C=O) groups is 1. The molecule has 0 bridgehead atoms. The number of fused-ring (bicyclic) bond motifs is 1. The van der Waals surface area contributed by atoms with Gasteiger partial charge in [-0.05, 0) is 49.9 Å². The number of hydrogen-bond donors (Lipinski definition) is 1. The number of aromatic nitrogens is 2. The molecule has 1 unspecified atom stereocenters. The average Bonchev–Trinajstić information content (AvgIpc) is 3.18. The van der Waals surface area contributed by atoms with Crippen molar-refractivity contribution in [1.82, 2.24) is 15.1 Å². The fraction of sp³-hybridized carbons (Fsp3) is 0.333. The van der Waals surface area contributed by atoms with E-state index in [0.717, 1.165) is 31.4 Å². The first-order valence-electron chi connectivity index (χ1n) is 10.4. The van der Waals surface area contributed by atoms with Gasteiger partial charge in [0.25, 0.3) is 5.91 Å². The Morgan fingerprint density at radius 1 is 1.20 bits per heavy atom. The summed E-state index contributed by atoms with van der Waals surface area (Å²) in [6.45, 7) is 3.16. The minimum atomic E-state index is -0.118. The van der Waals surface area contributed by atoms with Gasteiger partial charge in [0.05, 0.1) is 32.5 Å². The Bertz CT molecular complexity index is 1010. The summed E-state index contributed by atoms with van der Waals surface area (Å²) >= 11 is 0. The smallest absolute Gasteiger partial charge is 0.251 e. The molecule has 1 aromatic heterocycles. The second kappa shape index (κ2) is 9.03. The zero-order valence-corrected chi connectivity index (χ0v) is 17.4. The summed E-state index contributed by atoms with van der Waals surface area (Å²) in [5.74, 6) is 1.08. The van der Waals surface area contributed by atoms with Gasteiger partial charge in [0.2, 0.25) is 0 Å². The van der Waals surface area contributed by atoms with Crippen molar-refractivity contribution in [2.75, 3.05) is 13.7 Å². The summed E-state index contributed by atoms with van der Waals surface area (Å²) in [5.41, 5.74) is 4.10. The molecular weight excluding hydrogens is 378 g/mol. The lowest BCUT2D eigenvalue weighted by Crippen LogP contribution is -2.31. The van der Waals surface area contributed by atoms with E-state index in [-0.39, 0.29) is 11.9 Å². The van der Waals surface area contributed by atoms with Crippen LogP contribution in [-0.4, -0.2) is 29.4 Å². The number of ether oxygens (including phenoxy) is 2. The number of nitrogens with zero attached hydrogens (tertiary/aromatic N) is 2. The summed E-state index contributed by atoms with van der Waals surface area (Å²) in [7, 11) is 1.59. The monoisotopic (exact) mass is 405 g/mol. The van der Waals surface area contributed by atoms with E-state index in [1.807, 2.05) is 31.3 Å². The number of methoxy groups -OCH3 is 1. The van der Waals surface area contributed by atoms with Crippen molar-refractivity contribution < 1.29 is 14.3 Å². The normalized spacial score (nSPS) is 15.3. The molecule has 156 valence electrons. The quantitative estimate of drug-likeness (QED) is 0.641. The number of hydrogen-bond acceptors (Lipinski definition) is 4. The highest BCUT2D eigenvalue weighted by atomic mass is 16.5. The molecule has 30 heavy (non-hydrogen) atoms. The molecule has 1 N–H and O–H groups in total. The van der Waals surface area contributed by atoms with Crippen LogP contribution in [0.1, 0.15) is 53.0 Å². The molecule has 0 spiro atoms. The van der Waals surface area contributed by atoms with Crippen LogP contribution in [0, 0.1) is 0 Å². The summed E-state index contributed by atoms with van der Waals surface area (Å²) in [5, 5.41) is 7.80. The first-order chi connectivity index (χ1) is 14.7. The highest BCUT2D eigenvalue weighted by Gasteiger charge is 2.26. The Labute approximate surface area is 176 Å². The Morgan fingerprint density at radius 2 is 2.03 bits per heavy atom. The average molecular weight is 405 g/mol. The van der Waals surface area contributed by atoms with Gasteiger partial charge in [-0.25, -0.2) is 0 Å². The van der Waals surface area contributed by atoms with Crippen molar-refractivity contribution in [2.45, 2.75) is 38.8 Å². The summed E-state index contributed by atoms with van der Waals surface area (Å²) in [4.78, 5) is 12.9. The van der Waals surface area contributed by atoms with E-state index < -0.39 is 0 Å². The lowest BCUT2D eigenvalue weighted by molar-refractivity contribution is 0.0932. The molecule has 0 aliphatic heterocycles. The molecule has 6 heteroatoms. The van der Waals surface area contributed by atoms with E-state index in [9.17, 15) is 4.79 Å². The van der Waals surface area contributed by atoms with Gasteiger partial charge >= 0.3 is 0 Å². The largest absolute Gasteiger partial charge is 0.493 e. The van der Waals surface area contributed by atoms with E-state index in [2.05, 4.69) is 27.2 Å². The van der Waals surface area contributed by atoms with Crippen molar-refractivity contribution >= 4 is 5.91 Å². The molecule has 0 saturated carbocycles. The molecular formula is C24H27N3O3. The summed E-state index contributed by atoms with van der Waals surface area (Å²) < 4.78 is 13.0. The standard InChI is InChI=1S/C24H27N3O3/c1-3-30-23-14-18(12-13-22(23)29-2)24(28)26-20-10-7-11-21-19(20)15-25-27(21)16-17-8-5-4-6-9-17/h4-6,8-9,12-15,20H,3,7,10-11,16H2,1-2H3,(H,26,28). The fourth-order valence-electron chi connectivity index (χ4n) is 3.99. The number of carbonyl (C=O) groups excluding carboxylic acids is 1. The molecule has 4 rings (SSSR count). The number of rotatable bonds is 7. The molecule has 1 atom stereocenters. The molecule has 2 aromatic carbocycles. The predicted molar refractivity (Wildman–Crippen MR) is 115 cm³/mol. The van der Waals surface area contributed by atoms with E-state index in [4.69, 9.17) is 9.47 Å². The van der Waals surface area contributed by atoms with Crippen LogP contribution in [0.15, 0.2) is 54.7 Å². The second-order valence-corrected chi connectivity index (χ2v) is 7.41. The van der Waals surface area contributed by atoms with Gasteiger partial charge in [-0.3, -0.25) is 9.48 Å². The topological polar surface area (TPSA) is 65.4 Å². The van der Waals surface area contributed by atoms with Crippen molar-refractivity contribution in [3.8, 4) is 11.5 Å². The highest BCUT2D eigenvalue weighted by molar-refractivity contribution is 5.95. The van der Waals surface area contributed by atoms with Crippen molar-refractivity contribution in [3.63, 3.8) is 0 Å². The van der Waals surface area contributed by atoms with Gasteiger partial charge in [-0.2, -0.15) is 5.10 Å². The minimum Gasteiger partial charge on any atom is -0.493 e. The van der Waals surface area contributed by atoms with Crippen LogP contribution in [0.5, 0.6) is 11.5 Å². The van der Waals surface area contributed by atoms with Gasteiger partial charge < -0.3 is 14.8 Å². The van der Waals surface area contributed by atoms with E-state index in [0.29, 0.717) is 23.7 Å². The van der Waals surface area contributed by atoms with Crippen LogP contribution in [0.2, 0.25) is 0 Å². The first kappa shape index (κ1) is 20.0. The van der Waals surface area contributed by atoms with Crippen LogP contribution in [0.3, 0.4) is 0 Å². The maximum Gasteiger partial charge on any atom is 0.251 e. The summed E-state index contributed by atoms with van der Waals surface area (Å²) in [6.07, 6.45) is 4.81. The third-order valence-corrected chi connectivity index (χ3v) is 5.47. The highest BCUT2D eigenvalue weighted by Crippen LogP contribution is 2.31. The third-order valence-electron chi connectivity index (χ3n) is 5.47. The Morgan fingerprint density at radius 3 is 2.80 bits per heavy atom. The van der Waals surface area contributed by atoms with Crippen LogP contribution in [0.25, 0.3) is 0 Å². The van der Waals surface area contributed by atoms with E-state index in [1.165, 1.54) is 11.3 Å². The van der Waals surface area contributed by atoms with Gasteiger partial charge in [0, 0.05) is 16.8 Å². The maximum atomic E-state index is 12.9. The Balaban J connectivity index is 1.52. The molecule has 0 saturated heterocycles. The summed E-state index contributed by atoms with van der Waals surface area (Å²) in [6, 6.07) is 15.5. The number of amides is 1. The van der Waals surface area contributed by atoms with Crippen molar-refractivity contribution in [3.05, 3.63) is 77.1 Å². The van der Waals surface area contributed by atoms with Gasteiger partial charge in [-0.1, -0.05) is 30.3 Å². The zero-order valence-electron chi connectivity index (χ0n) is 17.4. The van der Waals surface area contributed by atoms with Crippen LogP contribution < -0.4 is 14.8 Å². The molecule has 0 fully saturated rings. The minimum absolute atomic E-state index is 0.0385. The Hall–Kier alpha value is -3.28. The second-order valence-electron chi connectivity index (χ2n) is 7.41. The molecule has 3 aromatic rings. The lowest BCUT2D eigenvalue weighted by atomic mass is 9.92. The van der Waals surface area contributed by atoms with Gasteiger partial charge in [0.1, 0.15) is 0 Å². The van der Waals surface area contributed by atoms with Crippen LogP contribution in [-0.2, 0) is 13.0 Å². The molecule has 1 amide bonds. The van der Waals surface area contributed by atoms with Crippen LogP contribution in [0.4, 0.5) is 0 Å². The van der Waals surface area contributed by atoms with Crippen molar-refractivity contribution in [2.24, 2.45) is 0 Å². The number of nitrogens with one attached hydrogen (secondary N) is 1. The Kier molecular flexibility index (Phi) is 6.02. The molecule has 6 nitrogen and oxygen atoms in total. The van der Waals surface area contributed by atoms with E-state index in [1.54, 1.807) is 25.3 Å². The number of benzene rings is 2.